The quantitative estimate of drug-likeness (QED) is 0.789. The molecule has 1 heterocycles. The van der Waals surface area contributed by atoms with E-state index in [0.717, 1.165) is 19.4 Å². The first-order valence-electron chi connectivity index (χ1n) is 6.36. The van der Waals surface area contributed by atoms with Crippen LogP contribution in [0.25, 0.3) is 0 Å². The van der Waals surface area contributed by atoms with Gasteiger partial charge in [0.1, 0.15) is 0 Å². The van der Waals surface area contributed by atoms with Crippen LogP contribution in [0.4, 0.5) is 8.78 Å². The molecule has 1 unspecified atom stereocenters. The topological polar surface area (TPSA) is 15.3 Å². The van der Waals surface area contributed by atoms with Gasteiger partial charge in [-0.3, -0.25) is 0 Å². The molecule has 0 radical (unpaired) electrons. The third-order valence-electron chi connectivity index (χ3n) is 2.75. The second-order valence-corrected chi connectivity index (χ2v) is 4.13. The van der Waals surface area contributed by atoms with E-state index in [1.807, 2.05) is 25.8 Å². The van der Waals surface area contributed by atoms with Gasteiger partial charge >= 0.3 is 0 Å². The van der Waals surface area contributed by atoms with Crippen molar-refractivity contribution in [2.24, 2.45) is 0 Å². The Hall–Kier alpha value is -0.220. The number of likely N-dealkylation sites (N-methyl/N-ethyl adjacent to an activating group) is 1. The highest BCUT2D eigenvalue weighted by molar-refractivity contribution is 4.91. The van der Waals surface area contributed by atoms with Crippen molar-refractivity contribution in [1.29, 1.82) is 0 Å². The third kappa shape index (κ3) is 5.21. The molecule has 0 saturated carbocycles. The highest BCUT2D eigenvalue weighted by Gasteiger charge is 2.43. The molecule has 1 rings (SSSR count). The molecule has 1 N–H and O–H groups in total. The third-order valence-corrected chi connectivity index (χ3v) is 2.75. The maximum atomic E-state index is 13.2. The summed E-state index contributed by atoms with van der Waals surface area (Å²) in [6.45, 7) is 7.91. The number of rotatable bonds is 5. The van der Waals surface area contributed by atoms with Crippen LogP contribution in [0.3, 0.4) is 0 Å². The zero-order chi connectivity index (χ0) is 12.6. The summed E-state index contributed by atoms with van der Waals surface area (Å²) in [4.78, 5) is 1.99. The number of hydrogen-bond acceptors (Lipinski definition) is 2. The van der Waals surface area contributed by atoms with Gasteiger partial charge in [-0.2, -0.15) is 0 Å². The van der Waals surface area contributed by atoms with Gasteiger partial charge in [0.25, 0.3) is 5.92 Å². The minimum Gasteiger partial charge on any atom is -0.307 e. The number of nitrogens with zero attached hydrogens (tertiary/aromatic N) is 1. The summed E-state index contributed by atoms with van der Waals surface area (Å²) in [6.07, 6.45) is 2.17. The van der Waals surface area contributed by atoms with E-state index in [4.69, 9.17) is 0 Å². The fraction of sp³-hybridized carbons (Fsp3) is 1.00. The Bertz CT molecular complexity index is 174. The number of nitrogens with one attached hydrogen (secondary N) is 1. The van der Waals surface area contributed by atoms with E-state index < -0.39 is 12.0 Å². The number of unbranched alkanes of at least 4 members (excludes halogenated alkanes) is 1. The van der Waals surface area contributed by atoms with Gasteiger partial charge in [-0.25, -0.2) is 8.78 Å². The van der Waals surface area contributed by atoms with Crippen LogP contribution < -0.4 is 5.32 Å². The summed E-state index contributed by atoms with van der Waals surface area (Å²) in [5.41, 5.74) is 0. The summed E-state index contributed by atoms with van der Waals surface area (Å²) in [6, 6.07) is -0.649. The van der Waals surface area contributed by atoms with Gasteiger partial charge in [-0.05, 0) is 20.0 Å². The number of hydrogen-bond donors (Lipinski definition) is 1. The van der Waals surface area contributed by atoms with Crippen LogP contribution in [0, 0.1) is 0 Å². The highest BCUT2D eigenvalue weighted by atomic mass is 19.3. The molecule has 4 heteroatoms. The van der Waals surface area contributed by atoms with Gasteiger partial charge in [-0.1, -0.05) is 27.2 Å². The van der Waals surface area contributed by atoms with E-state index in [-0.39, 0.29) is 6.42 Å². The lowest BCUT2D eigenvalue weighted by Gasteiger charge is -2.24. The van der Waals surface area contributed by atoms with Gasteiger partial charge < -0.3 is 10.2 Å². The second kappa shape index (κ2) is 7.96. The molecule has 98 valence electrons. The van der Waals surface area contributed by atoms with Crippen molar-refractivity contribution in [3.8, 4) is 0 Å². The molecule has 0 aliphatic carbocycles. The molecular formula is C12H26F2N2. The van der Waals surface area contributed by atoms with E-state index in [1.54, 1.807) is 0 Å². The summed E-state index contributed by atoms with van der Waals surface area (Å²) >= 11 is 0. The molecule has 0 aromatic carbocycles. The van der Waals surface area contributed by atoms with Gasteiger partial charge in [0.15, 0.2) is 0 Å². The Kier molecular flexibility index (Phi) is 7.85. The van der Waals surface area contributed by atoms with Crippen LogP contribution in [0.1, 0.15) is 40.0 Å². The standard InChI is InChI=1S/C10H20F2N2.C2H6/c1-3-4-7-14(2)8-9-10(11,12)5-6-13-9;1-2/h9,13H,3-8H2,1-2H3;1-2H3. The molecule has 1 atom stereocenters. The maximum absolute atomic E-state index is 13.2. The largest absolute Gasteiger partial charge is 0.307 e. The SMILES string of the molecule is CC.CCCCN(C)CC1NCCC1(F)F. The summed E-state index contributed by atoms with van der Waals surface area (Å²) < 4.78 is 26.4. The van der Waals surface area contributed by atoms with Crippen LogP contribution in [-0.4, -0.2) is 43.5 Å². The molecule has 16 heavy (non-hydrogen) atoms. The van der Waals surface area contributed by atoms with E-state index in [1.165, 1.54) is 0 Å². The van der Waals surface area contributed by atoms with Crippen LogP contribution in [0.15, 0.2) is 0 Å². The van der Waals surface area contributed by atoms with Crippen LogP contribution in [0.5, 0.6) is 0 Å². The molecule has 0 aromatic rings. The summed E-state index contributed by atoms with van der Waals surface area (Å²) in [7, 11) is 1.91. The van der Waals surface area contributed by atoms with Crippen molar-refractivity contribution in [2.75, 3.05) is 26.7 Å². The number of halogens is 2. The van der Waals surface area contributed by atoms with Crippen molar-refractivity contribution in [3.05, 3.63) is 0 Å². The van der Waals surface area contributed by atoms with Crippen molar-refractivity contribution in [2.45, 2.75) is 52.0 Å². The normalized spacial score (nSPS) is 23.1. The molecular weight excluding hydrogens is 210 g/mol. The smallest absolute Gasteiger partial charge is 0.265 e. The van der Waals surface area contributed by atoms with Crippen molar-refractivity contribution in [1.82, 2.24) is 10.2 Å². The van der Waals surface area contributed by atoms with E-state index in [9.17, 15) is 8.78 Å². The number of alkyl halides is 2. The zero-order valence-electron chi connectivity index (χ0n) is 11.0. The molecule has 2 nitrogen and oxygen atoms in total. The molecule has 1 fully saturated rings. The van der Waals surface area contributed by atoms with Gasteiger partial charge in [-0.15, -0.1) is 0 Å². The monoisotopic (exact) mass is 236 g/mol. The second-order valence-electron chi connectivity index (χ2n) is 4.13. The summed E-state index contributed by atoms with van der Waals surface area (Å²) in [5, 5.41) is 2.86. The Labute approximate surface area is 98.4 Å². The minimum atomic E-state index is -2.51. The van der Waals surface area contributed by atoms with E-state index in [2.05, 4.69) is 12.2 Å². The minimum absolute atomic E-state index is 0.0146. The fourth-order valence-corrected chi connectivity index (χ4v) is 1.77. The Balaban J connectivity index is 0.00000106. The van der Waals surface area contributed by atoms with Gasteiger partial charge in [0, 0.05) is 19.5 Å². The first kappa shape index (κ1) is 15.8. The van der Waals surface area contributed by atoms with E-state index in [0.29, 0.717) is 13.1 Å². The zero-order valence-corrected chi connectivity index (χ0v) is 11.0. The molecule has 1 aliphatic heterocycles. The predicted octanol–water partition coefficient (Wildman–Crippen LogP) is 2.74. The maximum Gasteiger partial charge on any atom is 0.265 e. The summed E-state index contributed by atoms with van der Waals surface area (Å²) in [5.74, 6) is -2.51. The Morgan fingerprint density at radius 2 is 2.00 bits per heavy atom. The molecule has 1 aliphatic rings. The lowest BCUT2D eigenvalue weighted by Crippen LogP contribution is -2.44. The van der Waals surface area contributed by atoms with Crippen LogP contribution in [0.2, 0.25) is 0 Å². The molecule has 0 amide bonds. The molecule has 0 spiro atoms. The highest BCUT2D eigenvalue weighted by Crippen LogP contribution is 2.27. The van der Waals surface area contributed by atoms with Crippen LogP contribution >= 0.6 is 0 Å². The fourth-order valence-electron chi connectivity index (χ4n) is 1.77. The first-order valence-corrected chi connectivity index (χ1v) is 6.36. The predicted molar refractivity (Wildman–Crippen MR) is 65.1 cm³/mol. The molecule has 0 bridgehead atoms. The average molecular weight is 236 g/mol. The molecule has 0 aromatic heterocycles. The van der Waals surface area contributed by atoms with Crippen LogP contribution in [-0.2, 0) is 0 Å². The van der Waals surface area contributed by atoms with Crippen molar-refractivity contribution >= 4 is 0 Å². The molecule has 1 saturated heterocycles. The Morgan fingerprint density at radius 1 is 1.38 bits per heavy atom. The first-order chi connectivity index (χ1) is 7.56. The average Bonchev–Trinajstić information content (AvgIpc) is 2.58. The van der Waals surface area contributed by atoms with Gasteiger partial charge in [0.05, 0.1) is 6.04 Å². The Morgan fingerprint density at radius 3 is 2.44 bits per heavy atom. The van der Waals surface area contributed by atoms with Crippen molar-refractivity contribution in [3.63, 3.8) is 0 Å². The van der Waals surface area contributed by atoms with Crippen molar-refractivity contribution < 1.29 is 8.78 Å². The lowest BCUT2D eigenvalue weighted by molar-refractivity contribution is -0.0187. The lowest BCUT2D eigenvalue weighted by atomic mass is 10.1. The van der Waals surface area contributed by atoms with Gasteiger partial charge in [0.2, 0.25) is 0 Å². The van der Waals surface area contributed by atoms with E-state index >= 15 is 0 Å².